The lowest BCUT2D eigenvalue weighted by Crippen LogP contribution is -2.48. The highest BCUT2D eigenvalue weighted by atomic mass is 16.5. The van der Waals surface area contributed by atoms with Gasteiger partial charge in [0.25, 0.3) is 5.91 Å². The number of carbonyl (C=O) groups excluding carboxylic acids is 1. The van der Waals surface area contributed by atoms with E-state index in [2.05, 4.69) is 6.92 Å². The fourth-order valence-corrected chi connectivity index (χ4v) is 2.39. The fraction of sp³-hybridized carbons (Fsp3) is 0.533. The number of hydrogen-bond donors (Lipinski definition) is 1. The zero-order valence-electron chi connectivity index (χ0n) is 11.6. The molecule has 0 spiro atoms. The summed E-state index contributed by atoms with van der Waals surface area (Å²) in [6.45, 7) is 6.17. The normalized spacial score (nSPS) is 23.2. The van der Waals surface area contributed by atoms with Crippen LogP contribution in [0.5, 0.6) is 5.75 Å². The molecule has 104 valence electrons. The molecular formula is C15H22N2O2. The SMILES string of the molecule is CCOc1ccc(C(=O)N2CCC(N)C(C)C2)cc1. The minimum Gasteiger partial charge on any atom is -0.494 e. The Morgan fingerprint density at radius 3 is 2.68 bits per heavy atom. The molecule has 2 rings (SSSR count). The second-order valence-electron chi connectivity index (χ2n) is 5.14. The van der Waals surface area contributed by atoms with Gasteiger partial charge in [0.15, 0.2) is 0 Å². The number of benzene rings is 1. The van der Waals surface area contributed by atoms with E-state index in [1.54, 1.807) is 0 Å². The lowest BCUT2D eigenvalue weighted by atomic mass is 9.94. The predicted octanol–water partition coefficient (Wildman–Crippen LogP) is 1.89. The predicted molar refractivity (Wildman–Crippen MR) is 75.3 cm³/mol. The smallest absolute Gasteiger partial charge is 0.253 e. The van der Waals surface area contributed by atoms with Crippen LogP contribution in [0.4, 0.5) is 0 Å². The summed E-state index contributed by atoms with van der Waals surface area (Å²) in [7, 11) is 0. The van der Waals surface area contributed by atoms with E-state index >= 15 is 0 Å². The molecule has 1 aliphatic heterocycles. The first kappa shape index (κ1) is 13.9. The van der Waals surface area contributed by atoms with E-state index in [1.165, 1.54) is 0 Å². The number of nitrogens with zero attached hydrogens (tertiary/aromatic N) is 1. The van der Waals surface area contributed by atoms with Crippen LogP contribution in [0.3, 0.4) is 0 Å². The summed E-state index contributed by atoms with van der Waals surface area (Å²) in [5.41, 5.74) is 6.69. The van der Waals surface area contributed by atoms with Gasteiger partial charge in [0.05, 0.1) is 6.61 Å². The quantitative estimate of drug-likeness (QED) is 0.905. The number of amides is 1. The Labute approximate surface area is 114 Å². The molecule has 1 aromatic carbocycles. The summed E-state index contributed by atoms with van der Waals surface area (Å²) in [4.78, 5) is 14.3. The number of rotatable bonds is 3. The molecule has 2 N–H and O–H groups in total. The third-order valence-corrected chi connectivity index (χ3v) is 3.67. The molecule has 0 saturated carbocycles. The second-order valence-corrected chi connectivity index (χ2v) is 5.14. The number of piperidine rings is 1. The number of likely N-dealkylation sites (tertiary alicyclic amines) is 1. The Morgan fingerprint density at radius 2 is 2.11 bits per heavy atom. The van der Waals surface area contributed by atoms with Crippen LogP contribution in [0, 0.1) is 5.92 Å². The minimum absolute atomic E-state index is 0.0850. The molecule has 1 saturated heterocycles. The van der Waals surface area contributed by atoms with Gasteiger partial charge < -0.3 is 15.4 Å². The highest BCUT2D eigenvalue weighted by molar-refractivity contribution is 5.94. The summed E-state index contributed by atoms with van der Waals surface area (Å²) in [5, 5.41) is 0. The average molecular weight is 262 g/mol. The van der Waals surface area contributed by atoms with Crippen molar-refractivity contribution >= 4 is 5.91 Å². The molecule has 1 aliphatic rings. The molecule has 1 fully saturated rings. The monoisotopic (exact) mass is 262 g/mol. The van der Waals surface area contributed by atoms with Crippen molar-refractivity contribution in [3.63, 3.8) is 0 Å². The molecule has 2 atom stereocenters. The van der Waals surface area contributed by atoms with Gasteiger partial charge in [-0.3, -0.25) is 4.79 Å². The average Bonchev–Trinajstić information content (AvgIpc) is 2.42. The Hall–Kier alpha value is -1.55. The van der Waals surface area contributed by atoms with Crippen molar-refractivity contribution in [2.75, 3.05) is 19.7 Å². The van der Waals surface area contributed by atoms with Gasteiger partial charge in [-0.05, 0) is 43.5 Å². The summed E-state index contributed by atoms with van der Waals surface area (Å²) in [6, 6.07) is 7.55. The van der Waals surface area contributed by atoms with Gasteiger partial charge in [0.1, 0.15) is 5.75 Å². The molecule has 1 heterocycles. The Balaban J connectivity index is 2.03. The van der Waals surface area contributed by atoms with Crippen LogP contribution in [0.25, 0.3) is 0 Å². The van der Waals surface area contributed by atoms with E-state index in [9.17, 15) is 4.79 Å². The van der Waals surface area contributed by atoms with Crippen molar-refractivity contribution in [1.29, 1.82) is 0 Å². The number of ether oxygens (including phenoxy) is 1. The number of hydrogen-bond acceptors (Lipinski definition) is 3. The number of carbonyl (C=O) groups is 1. The molecular weight excluding hydrogens is 240 g/mol. The van der Waals surface area contributed by atoms with Gasteiger partial charge >= 0.3 is 0 Å². The zero-order chi connectivity index (χ0) is 13.8. The largest absolute Gasteiger partial charge is 0.494 e. The Bertz CT molecular complexity index is 430. The molecule has 1 amide bonds. The van der Waals surface area contributed by atoms with E-state index in [1.807, 2.05) is 36.1 Å². The maximum atomic E-state index is 12.4. The highest BCUT2D eigenvalue weighted by Gasteiger charge is 2.26. The van der Waals surface area contributed by atoms with E-state index in [4.69, 9.17) is 10.5 Å². The first-order valence-corrected chi connectivity index (χ1v) is 6.89. The molecule has 2 unspecified atom stereocenters. The maximum absolute atomic E-state index is 12.4. The molecule has 0 aromatic heterocycles. The third kappa shape index (κ3) is 3.26. The van der Waals surface area contributed by atoms with Crippen LogP contribution < -0.4 is 10.5 Å². The first-order valence-electron chi connectivity index (χ1n) is 6.89. The lowest BCUT2D eigenvalue weighted by Gasteiger charge is -2.35. The molecule has 4 heteroatoms. The van der Waals surface area contributed by atoms with Gasteiger partial charge in [0.2, 0.25) is 0 Å². The summed E-state index contributed by atoms with van der Waals surface area (Å²) < 4.78 is 5.38. The van der Waals surface area contributed by atoms with Gasteiger partial charge in [-0.15, -0.1) is 0 Å². The molecule has 1 aromatic rings. The van der Waals surface area contributed by atoms with Crippen LogP contribution in [0.15, 0.2) is 24.3 Å². The van der Waals surface area contributed by atoms with Crippen molar-refractivity contribution in [2.24, 2.45) is 11.7 Å². The molecule has 0 bridgehead atoms. The lowest BCUT2D eigenvalue weighted by molar-refractivity contribution is 0.0664. The molecule has 4 nitrogen and oxygen atoms in total. The fourth-order valence-electron chi connectivity index (χ4n) is 2.39. The van der Waals surface area contributed by atoms with Crippen molar-refractivity contribution in [3.05, 3.63) is 29.8 Å². The van der Waals surface area contributed by atoms with E-state index in [0.29, 0.717) is 18.1 Å². The summed E-state index contributed by atoms with van der Waals surface area (Å²) in [5.74, 6) is 1.25. The number of nitrogens with two attached hydrogens (primary N) is 1. The summed E-state index contributed by atoms with van der Waals surface area (Å²) in [6.07, 6.45) is 0.879. The maximum Gasteiger partial charge on any atom is 0.253 e. The standard InChI is InChI=1S/C15H22N2O2/c1-3-19-13-6-4-12(5-7-13)15(18)17-9-8-14(16)11(2)10-17/h4-7,11,14H,3,8-10,16H2,1-2H3. The Kier molecular flexibility index (Phi) is 4.43. The van der Waals surface area contributed by atoms with Crippen LogP contribution >= 0.6 is 0 Å². The van der Waals surface area contributed by atoms with Crippen LogP contribution in [0.1, 0.15) is 30.6 Å². The molecule has 0 radical (unpaired) electrons. The van der Waals surface area contributed by atoms with Gasteiger partial charge in [-0.2, -0.15) is 0 Å². The van der Waals surface area contributed by atoms with Crippen molar-refractivity contribution < 1.29 is 9.53 Å². The molecule has 19 heavy (non-hydrogen) atoms. The van der Waals surface area contributed by atoms with Crippen molar-refractivity contribution in [2.45, 2.75) is 26.3 Å². The van der Waals surface area contributed by atoms with E-state index < -0.39 is 0 Å². The zero-order valence-corrected chi connectivity index (χ0v) is 11.6. The van der Waals surface area contributed by atoms with E-state index in [0.717, 1.165) is 25.3 Å². The topological polar surface area (TPSA) is 55.6 Å². The van der Waals surface area contributed by atoms with Crippen LogP contribution in [-0.4, -0.2) is 36.5 Å². The second kappa shape index (κ2) is 6.06. The first-order chi connectivity index (χ1) is 9.11. The highest BCUT2D eigenvalue weighted by Crippen LogP contribution is 2.19. The van der Waals surface area contributed by atoms with E-state index in [-0.39, 0.29) is 11.9 Å². The van der Waals surface area contributed by atoms with Gasteiger partial charge in [0, 0.05) is 24.7 Å². The minimum atomic E-state index is 0.0850. The third-order valence-electron chi connectivity index (χ3n) is 3.67. The van der Waals surface area contributed by atoms with Crippen molar-refractivity contribution in [3.8, 4) is 5.75 Å². The summed E-state index contributed by atoms with van der Waals surface area (Å²) >= 11 is 0. The van der Waals surface area contributed by atoms with Gasteiger partial charge in [-0.25, -0.2) is 0 Å². The van der Waals surface area contributed by atoms with Gasteiger partial charge in [-0.1, -0.05) is 6.92 Å². The van der Waals surface area contributed by atoms with Crippen molar-refractivity contribution in [1.82, 2.24) is 4.90 Å². The Morgan fingerprint density at radius 1 is 1.42 bits per heavy atom. The molecule has 0 aliphatic carbocycles. The van der Waals surface area contributed by atoms with Crippen LogP contribution in [0.2, 0.25) is 0 Å². The van der Waals surface area contributed by atoms with Crippen LogP contribution in [-0.2, 0) is 0 Å².